The van der Waals surface area contributed by atoms with Crippen molar-refractivity contribution in [3.05, 3.63) is 23.4 Å². The highest BCUT2D eigenvalue weighted by Gasteiger charge is 2.42. The number of rotatable bonds is 3. The van der Waals surface area contributed by atoms with Crippen LogP contribution < -0.4 is 9.46 Å². The first kappa shape index (κ1) is 22.1. The molecule has 5 aliphatic rings. The van der Waals surface area contributed by atoms with E-state index in [2.05, 4.69) is 16.6 Å². The Hall–Kier alpha value is -1.71. The van der Waals surface area contributed by atoms with Crippen LogP contribution in [0.3, 0.4) is 0 Å². The zero-order valence-corrected chi connectivity index (χ0v) is 19.5. The molecule has 1 unspecified atom stereocenters. The number of nitrogens with zero attached hydrogens (tertiary/aromatic N) is 2. The summed E-state index contributed by atoms with van der Waals surface area (Å²) in [4.78, 5) is 19.4. The third-order valence-electron chi connectivity index (χ3n) is 7.47. The molecule has 4 heterocycles. The van der Waals surface area contributed by atoms with E-state index in [1.54, 1.807) is 11.1 Å². The molecular weight excluding hydrogens is 430 g/mol. The van der Waals surface area contributed by atoms with E-state index in [-0.39, 0.29) is 36.0 Å². The van der Waals surface area contributed by atoms with Gasteiger partial charge in [0, 0.05) is 24.3 Å². The Morgan fingerprint density at radius 1 is 1.12 bits per heavy atom. The molecule has 0 radical (unpaired) electrons. The number of hydrogen-bond donors (Lipinski definition) is 1. The van der Waals surface area contributed by atoms with Crippen molar-refractivity contribution in [3.8, 4) is 5.88 Å². The van der Waals surface area contributed by atoms with Gasteiger partial charge in [0.05, 0.1) is 24.0 Å². The largest absolute Gasteiger partial charge is 0.467 e. The van der Waals surface area contributed by atoms with Crippen molar-refractivity contribution in [1.82, 2.24) is 14.6 Å². The van der Waals surface area contributed by atoms with Crippen molar-refractivity contribution in [2.75, 3.05) is 19.8 Å². The number of carbonyl (C=O) groups excluding carboxylic acids is 1. The topological polar surface area (TPSA) is 97.8 Å². The fourth-order valence-corrected chi connectivity index (χ4v) is 7.16. The number of ether oxygens (including phenoxy) is 2. The van der Waals surface area contributed by atoms with Crippen LogP contribution in [0.2, 0.25) is 0 Å². The highest BCUT2D eigenvalue weighted by Crippen LogP contribution is 2.40. The molecule has 2 atom stereocenters. The van der Waals surface area contributed by atoms with Crippen LogP contribution in [0.1, 0.15) is 68.4 Å². The lowest BCUT2D eigenvalue weighted by atomic mass is 9.81. The summed E-state index contributed by atoms with van der Waals surface area (Å²) in [6.07, 6.45) is 8.63. The quantitative estimate of drug-likeness (QED) is 0.739. The van der Waals surface area contributed by atoms with E-state index in [1.807, 2.05) is 6.07 Å². The zero-order valence-electron chi connectivity index (χ0n) is 18.7. The minimum Gasteiger partial charge on any atom is -0.467 e. The van der Waals surface area contributed by atoms with Crippen LogP contribution >= 0.6 is 0 Å². The third-order valence-corrected chi connectivity index (χ3v) is 9.45. The first-order chi connectivity index (χ1) is 15.4. The molecule has 2 saturated carbocycles. The number of aryl methyl sites for hydroxylation is 1. The highest BCUT2D eigenvalue weighted by molar-refractivity contribution is 7.90. The van der Waals surface area contributed by atoms with Crippen molar-refractivity contribution in [2.45, 2.75) is 87.6 Å². The maximum Gasteiger partial charge on any atom is 0.260 e. The van der Waals surface area contributed by atoms with Crippen LogP contribution in [0.25, 0.3) is 0 Å². The molecular formula is C23H33N3O5S. The number of pyridine rings is 1. The van der Waals surface area contributed by atoms with Gasteiger partial charge in [-0.15, -0.1) is 0 Å². The number of piperidine rings is 1. The second kappa shape index (κ2) is 8.91. The molecule has 0 aromatic carbocycles. The van der Waals surface area contributed by atoms with E-state index in [0.717, 1.165) is 56.1 Å². The molecule has 1 aromatic rings. The standard InChI is InChI=1S/C23H33N3O5S/c1-15-10-11-24-23-22(15)16-4-6-17(7-5-16)30-13-20-19(25-32(28,29)18-8-9-18)3-2-12-26(20)21(27)14-31-23/h10-11,16-20,25H,2-9,12-14H2,1H3/t16?,17?,19?,20-/m0/s1. The van der Waals surface area contributed by atoms with E-state index < -0.39 is 10.0 Å². The highest BCUT2D eigenvalue weighted by atomic mass is 32.2. The van der Waals surface area contributed by atoms with Crippen molar-refractivity contribution in [3.63, 3.8) is 0 Å². The summed E-state index contributed by atoms with van der Waals surface area (Å²) in [6, 6.07) is 1.35. The van der Waals surface area contributed by atoms with Gasteiger partial charge < -0.3 is 14.4 Å². The summed E-state index contributed by atoms with van der Waals surface area (Å²) in [7, 11) is -3.35. The molecule has 32 heavy (non-hydrogen) atoms. The molecule has 6 rings (SSSR count). The van der Waals surface area contributed by atoms with E-state index >= 15 is 0 Å². The van der Waals surface area contributed by atoms with Gasteiger partial charge >= 0.3 is 0 Å². The number of aromatic nitrogens is 1. The summed E-state index contributed by atoms with van der Waals surface area (Å²) < 4.78 is 40.5. The van der Waals surface area contributed by atoms with Gasteiger partial charge in [0.2, 0.25) is 15.9 Å². The molecule has 1 aromatic heterocycles. The van der Waals surface area contributed by atoms with E-state index in [9.17, 15) is 13.2 Å². The maximum atomic E-state index is 13.2. The van der Waals surface area contributed by atoms with Crippen LogP contribution in [-0.2, 0) is 19.6 Å². The number of carbonyl (C=O) groups is 1. The Labute approximate surface area is 190 Å². The second-order valence-corrected chi connectivity index (χ2v) is 11.7. The van der Waals surface area contributed by atoms with Crippen molar-refractivity contribution < 1.29 is 22.7 Å². The maximum absolute atomic E-state index is 13.2. The molecule has 2 aliphatic carbocycles. The van der Waals surface area contributed by atoms with Crippen LogP contribution in [-0.4, -0.2) is 67.4 Å². The summed E-state index contributed by atoms with van der Waals surface area (Å²) in [6.45, 7) is 2.91. The lowest BCUT2D eigenvalue weighted by Crippen LogP contribution is -2.60. The summed E-state index contributed by atoms with van der Waals surface area (Å²) in [5, 5.41) is -0.284. The van der Waals surface area contributed by atoms with Gasteiger partial charge in [0.1, 0.15) is 0 Å². The third kappa shape index (κ3) is 4.52. The van der Waals surface area contributed by atoms with Crippen molar-refractivity contribution in [1.29, 1.82) is 0 Å². The van der Waals surface area contributed by atoms with Gasteiger partial charge in [0.15, 0.2) is 6.61 Å². The van der Waals surface area contributed by atoms with E-state index in [4.69, 9.17) is 9.47 Å². The van der Waals surface area contributed by atoms with E-state index in [1.165, 1.54) is 0 Å². The van der Waals surface area contributed by atoms with Gasteiger partial charge in [0.25, 0.3) is 5.91 Å². The minimum absolute atomic E-state index is 0.0990. The molecule has 1 amide bonds. The predicted molar refractivity (Wildman–Crippen MR) is 119 cm³/mol. The molecule has 3 fully saturated rings. The lowest BCUT2D eigenvalue weighted by molar-refractivity contribution is -0.140. The Morgan fingerprint density at radius 2 is 1.91 bits per heavy atom. The number of sulfonamides is 1. The first-order valence-corrected chi connectivity index (χ1v) is 13.5. The van der Waals surface area contributed by atoms with Gasteiger partial charge in [-0.1, -0.05) is 0 Å². The van der Waals surface area contributed by atoms with Crippen LogP contribution in [0, 0.1) is 6.92 Å². The van der Waals surface area contributed by atoms with Gasteiger partial charge in [-0.05, 0) is 75.8 Å². The molecule has 1 saturated heterocycles. The predicted octanol–water partition coefficient (Wildman–Crippen LogP) is 2.27. The van der Waals surface area contributed by atoms with Gasteiger partial charge in [-0.25, -0.2) is 18.1 Å². The SMILES string of the molecule is Cc1ccnc2c1C1CCC(CC1)OC[C@H]1C(NS(=O)(=O)C3CC3)CCCN1C(=O)CO2. The summed E-state index contributed by atoms with van der Waals surface area (Å²) in [5.74, 6) is 0.770. The van der Waals surface area contributed by atoms with Crippen LogP contribution in [0.5, 0.6) is 5.88 Å². The molecule has 8 nitrogen and oxygen atoms in total. The zero-order chi connectivity index (χ0) is 22.3. The number of amides is 1. The number of hydrogen-bond acceptors (Lipinski definition) is 6. The fourth-order valence-electron chi connectivity index (χ4n) is 5.52. The smallest absolute Gasteiger partial charge is 0.260 e. The van der Waals surface area contributed by atoms with Gasteiger partial charge in [-0.3, -0.25) is 4.79 Å². The summed E-state index contributed by atoms with van der Waals surface area (Å²) in [5.41, 5.74) is 2.26. The second-order valence-electron chi connectivity index (χ2n) is 9.71. The van der Waals surface area contributed by atoms with Crippen LogP contribution in [0.4, 0.5) is 0 Å². The molecule has 0 spiro atoms. The van der Waals surface area contributed by atoms with E-state index in [0.29, 0.717) is 31.4 Å². The summed E-state index contributed by atoms with van der Waals surface area (Å²) >= 11 is 0. The molecule has 2 bridgehead atoms. The van der Waals surface area contributed by atoms with Crippen LogP contribution in [0.15, 0.2) is 12.3 Å². The Bertz CT molecular complexity index is 956. The normalized spacial score (nSPS) is 31.5. The van der Waals surface area contributed by atoms with Gasteiger partial charge in [-0.2, -0.15) is 0 Å². The lowest BCUT2D eigenvalue weighted by Gasteiger charge is -2.42. The first-order valence-electron chi connectivity index (χ1n) is 11.9. The minimum atomic E-state index is -3.35. The Balaban J connectivity index is 1.41. The molecule has 176 valence electrons. The molecule has 3 aliphatic heterocycles. The average Bonchev–Trinajstić information content (AvgIpc) is 3.62. The molecule has 9 heteroatoms. The molecule has 1 N–H and O–H groups in total. The number of nitrogens with one attached hydrogen (secondary N) is 1. The fraction of sp³-hybridized carbons (Fsp3) is 0.739. The Kier molecular flexibility index (Phi) is 6.15. The number of fused-ring (bicyclic) bond motifs is 5. The monoisotopic (exact) mass is 463 g/mol. The Morgan fingerprint density at radius 3 is 2.66 bits per heavy atom. The average molecular weight is 464 g/mol. The van der Waals surface area contributed by atoms with Crippen molar-refractivity contribution in [2.24, 2.45) is 0 Å². The van der Waals surface area contributed by atoms with Crippen molar-refractivity contribution >= 4 is 15.9 Å².